The van der Waals surface area contributed by atoms with E-state index in [-0.39, 0.29) is 11.9 Å². The van der Waals surface area contributed by atoms with Gasteiger partial charge in [-0.25, -0.2) is 0 Å². The Morgan fingerprint density at radius 1 is 1.38 bits per heavy atom. The molecule has 0 radical (unpaired) electrons. The summed E-state index contributed by atoms with van der Waals surface area (Å²) in [5.41, 5.74) is 5.96. The average Bonchev–Trinajstić information content (AvgIpc) is 2.16. The van der Waals surface area contributed by atoms with Gasteiger partial charge in [0.1, 0.15) is 11.6 Å². The Kier molecular flexibility index (Phi) is 4.19. The van der Waals surface area contributed by atoms with Gasteiger partial charge in [-0.15, -0.1) is 0 Å². The molecule has 0 saturated carbocycles. The molecule has 1 aromatic carbocycles. The summed E-state index contributed by atoms with van der Waals surface area (Å²) in [7, 11) is 0. The van der Waals surface area contributed by atoms with Crippen LogP contribution in [0.1, 0.15) is 26.3 Å². The Morgan fingerprint density at radius 3 is 2.50 bits per heavy atom. The van der Waals surface area contributed by atoms with Crippen LogP contribution in [0.2, 0.25) is 5.02 Å². The van der Waals surface area contributed by atoms with E-state index in [2.05, 4.69) is 13.8 Å². The Hall–Kier alpha value is -1.22. The predicted molar refractivity (Wildman–Crippen MR) is 67.4 cm³/mol. The summed E-state index contributed by atoms with van der Waals surface area (Å²) in [4.78, 5) is 0. The number of nitrogen functional groups attached to an aromatic ring is 1. The van der Waals surface area contributed by atoms with E-state index in [1.165, 1.54) is 0 Å². The van der Waals surface area contributed by atoms with Crippen LogP contribution in [-0.2, 0) is 0 Å². The van der Waals surface area contributed by atoms with Crippen LogP contribution in [0.3, 0.4) is 0 Å². The summed E-state index contributed by atoms with van der Waals surface area (Å²) in [5, 5.41) is 7.93. The number of amidine groups is 1. The fourth-order valence-electron chi connectivity index (χ4n) is 1.20. The number of rotatable bonds is 4. The average molecular weight is 241 g/mol. The van der Waals surface area contributed by atoms with Gasteiger partial charge in [0.15, 0.2) is 0 Å². The molecular weight excluding hydrogens is 224 g/mol. The summed E-state index contributed by atoms with van der Waals surface area (Å²) in [5.74, 6) is 0.886. The maximum absolute atomic E-state index is 7.48. The second kappa shape index (κ2) is 5.21. The molecule has 3 N–H and O–H groups in total. The maximum atomic E-state index is 7.48. The number of nitrogens with one attached hydrogen (secondary N) is 1. The SMILES string of the molecule is CC(C)C(C)Oc1cccc(Cl)c1C(=N)N. The molecule has 0 saturated heterocycles. The summed E-state index contributed by atoms with van der Waals surface area (Å²) in [6.07, 6.45) is 0.0524. The highest BCUT2D eigenvalue weighted by molar-refractivity contribution is 6.34. The molecule has 4 heteroatoms. The molecule has 0 aliphatic rings. The largest absolute Gasteiger partial charge is 0.490 e. The van der Waals surface area contributed by atoms with E-state index < -0.39 is 0 Å². The van der Waals surface area contributed by atoms with Crippen molar-refractivity contribution in [3.05, 3.63) is 28.8 Å². The molecule has 0 fully saturated rings. The van der Waals surface area contributed by atoms with Crippen molar-refractivity contribution in [1.29, 1.82) is 5.41 Å². The van der Waals surface area contributed by atoms with Crippen molar-refractivity contribution in [2.24, 2.45) is 11.7 Å². The van der Waals surface area contributed by atoms with Gasteiger partial charge >= 0.3 is 0 Å². The smallest absolute Gasteiger partial charge is 0.132 e. The lowest BCUT2D eigenvalue weighted by molar-refractivity contribution is 0.170. The van der Waals surface area contributed by atoms with Gasteiger partial charge in [0, 0.05) is 0 Å². The molecular formula is C12H17ClN2O. The van der Waals surface area contributed by atoms with Crippen LogP contribution in [0.25, 0.3) is 0 Å². The highest BCUT2D eigenvalue weighted by Gasteiger charge is 2.15. The van der Waals surface area contributed by atoms with Gasteiger partial charge in [-0.2, -0.15) is 0 Å². The number of nitrogens with two attached hydrogens (primary N) is 1. The minimum Gasteiger partial charge on any atom is -0.490 e. The van der Waals surface area contributed by atoms with Crippen LogP contribution in [-0.4, -0.2) is 11.9 Å². The first-order chi connectivity index (χ1) is 7.43. The maximum Gasteiger partial charge on any atom is 0.132 e. The van der Waals surface area contributed by atoms with E-state index >= 15 is 0 Å². The normalized spacial score (nSPS) is 12.6. The van der Waals surface area contributed by atoms with E-state index in [1.807, 2.05) is 6.92 Å². The quantitative estimate of drug-likeness (QED) is 0.628. The highest BCUT2D eigenvalue weighted by Crippen LogP contribution is 2.27. The molecule has 1 aromatic rings. The summed E-state index contributed by atoms with van der Waals surface area (Å²) < 4.78 is 5.74. The van der Waals surface area contributed by atoms with E-state index in [0.717, 1.165) is 0 Å². The summed E-state index contributed by atoms with van der Waals surface area (Å²) in [6, 6.07) is 5.27. The Bertz CT molecular complexity index is 391. The Morgan fingerprint density at radius 2 is 2.00 bits per heavy atom. The van der Waals surface area contributed by atoms with E-state index in [4.69, 9.17) is 27.5 Å². The molecule has 0 spiro atoms. The van der Waals surface area contributed by atoms with Crippen LogP contribution in [0.4, 0.5) is 0 Å². The van der Waals surface area contributed by atoms with E-state index in [1.54, 1.807) is 18.2 Å². The van der Waals surface area contributed by atoms with Gasteiger partial charge in [0.25, 0.3) is 0 Å². The van der Waals surface area contributed by atoms with Crippen LogP contribution in [0, 0.1) is 11.3 Å². The van der Waals surface area contributed by atoms with Gasteiger partial charge in [-0.3, -0.25) is 5.41 Å². The summed E-state index contributed by atoms with van der Waals surface area (Å²) in [6.45, 7) is 6.13. The zero-order chi connectivity index (χ0) is 12.3. The minimum atomic E-state index is -0.0726. The molecule has 3 nitrogen and oxygen atoms in total. The van der Waals surface area contributed by atoms with Crippen molar-refractivity contribution in [3.8, 4) is 5.75 Å². The van der Waals surface area contributed by atoms with Crippen molar-refractivity contribution in [1.82, 2.24) is 0 Å². The molecule has 0 aliphatic carbocycles. The lowest BCUT2D eigenvalue weighted by Crippen LogP contribution is -2.21. The van der Waals surface area contributed by atoms with E-state index in [0.29, 0.717) is 22.3 Å². The van der Waals surface area contributed by atoms with E-state index in [9.17, 15) is 0 Å². The molecule has 0 bridgehead atoms. The summed E-state index contributed by atoms with van der Waals surface area (Å²) >= 11 is 5.99. The van der Waals surface area contributed by atoms with Gasteiger partial charge < -0.3 is 10.5 Å². The lowest BCUT2D eigenvalue weighted by Gasteiger charge is -2.20. The molecule has 1 atom stereocenters. The van der Waals surface area contributed by atoms with Crippen LogP contribution in [0.5, 0.6) is 5.75 Å². The molecule has 0 aliphatic heterocycles. The zero-order valence-electron chi connectivity index (χ0n) is 9.75. The van der Waals surface area contributed by atoms with Crippen molar-refractivity contribution in [3.63, 3.8) is 0 Å². The second-order valence-corrected chi connectivity index (χ2v) is 4.50. The topological polar surface area (TPSA) is 59.1 Å². The lowest BCUT2D eigenvalue weighted by atomic mass is 10.1. The Balaban J connectivity index is 3.04. The zero-order valence-corrected chi connectivity index (χ0v) is 10.5. The number of halogens is 1. The fraction of sp³-hybridized carbons (Fsp3) is 0.417. The first-order valence-corrected chi connectivity index (χ1v) is 5.60. The van der Waals surface area contributed by atoms with Crippen molar-refractivity contribution < 1.29 is 4.74 Å². The number of benzene rings is 1. The predicted octanol–water partition coefficient (Wildman–Crippen LogP) is 3.05. The van der Waals surface area contributed by atoms with Crippen LogP contribution < -0.4 is 10.5 Å². The molecule has 16 heavy (non-hydrogen) atoms. The first kappa shape index (κ1) is 12.8. The first-order valence-electron chi connectivity index (χ1n) is 5.23. The van der Waals surface area contributed by atoms with Crippen molar-refractivity contribution >= 4 is 17.4 Å². The molecule has 88 valence electrons. The molecule has 0 heterocycles. The second-order valence-electron chi connectivity index (χ2n) is 4.09. The van der Waals surface area contributed by atoms with Gasteiger partial charge in [-0.05, 0) is 25.0 Å². The minimum absolute atomic E-state index is 0.0524. The molecule has 0 aromatic heterocycles. The molecule has 1 unspecified atom stereocenters. The van der Waals surface area contributed by atoms with Crippen molar-refractivity contribution in [2.45, 2.75) is 26.9 Å². The fourth-order valence-corrected chi connectivity index (χ4v) is 1.47. The van der Waals surface area contributed by atoms with Crippen LogP contribution >= 0.6 is 11.6 Å². The molecule has 1 rings (SSSR count). The van der Waals surface area contributed by atoms with Gasteiger partial charge in [0.05, 0.1) is 16.7 Å². The van der Waals surface area contributed by atoms with Crippen molar-refractivity contribution in [2.75, 3.05) is 0 Å². The number of ether oxygens (including phenoxy) is 1. The highest BCUT2D eigenvalue weighted by atomic mass is 35.5. The van der Waals surface area contributed by atoms with Crippen LogP contribution in [0.15, 0.2) is 18.2 Å². The standard InChI is InChI=1S/C12H17ClN2O/c1-7(2)8(3)16-10-6-4-5-9(13)11(10)12(14)15/h4-8H,1-3H3,(H3,14,15). The third kappa shape index (κ3) is 2.89. The number of hydrogen-bond acceptors (Lipinski definition) is 2. The van der Waals surface area contributed by atoms with Gasteiger partial charge in [0.2, 0.25) is 0 Å². The monoisotopic (exact) mass is 240 g/mol. The third-order valence-electron chi connectivity index (χ3n) is 2.50. The van der Waals surface area contributed by atoms with Gasteiger partial charge in [-0.1, -0.05) is 31.5 Å². The number of hydrogen-bond donors (Lipinski definition) is 2. The third-order valence-corrected chi connectivity index (χ3v) is 2.81. The Labute approximate surface area is 101 Å². The molecule has 0 amide bonds.